The highest BCUT2D eigenvalue weighted by Gasteiger charge is 2.32. The third kappa shape index (κ3) is 26.8. The monoisotopic (exact) mass is 1820 g/mol. The highest BCUT2D eigenvalue weighted by molar-refractivity contribution is 6.10. The van der Waals surface area contributed by atoms with Crippen LogP contribution in [0.15, 0.2) is 152 Å². The standard InChI is InChI=1S/C24H29N3O2.C23H27N3O2.C22H31N3O2.C21H29N3O2.C19H25N3O2/c1-4-29-24(28)21-16-27-22-18(3)13-17(2)14-20(22)23(21)26-12-8-11-25-15-19-9-6-5-7-10-19;1-4-28-23(27)20-15-26-21-17(3)13-16(2)14-19(21)22(20)25-12-8-11-24-18-9-6-5-7-10-18;1-6-27-22(26)19-13-23-20-16(3)11-15(2)12-18(20)21(19)25-9-7-17(8-10-25)14-24(4)5;1-6-26-21(25)18-13-22-19-15(3)11-14(2)12-17(19)20(18)24-9-7-16(8-10-24)23(4)5;1-4-24-19(23)16-11-21-17-13(3)9-12(2)10-15(17)18(16)22-7-5-14(20)6-8-22/h5-7,9-10,13-14,16,25H,4,8,11-12,15H2,1-3H3,(H,26,27);5-7,9-10,13-15,24H,4,8,11-12H2,1-3H3,(H,25,26);11-13,17H,6-10,14H2,1-5H3;11-13,16H,6-10H2,1-5H3;9-11,14H,4-8,20H2,1-3H3. The summed E-state index contributed by atoms with van der Waals surface area (Å²) in [5, 5.41) is 18.8. The molecule has 5 aromatic heterocycles. The maximum absolute atomic E-state index is 12.6. The van der Waals surface area contributed by atoms with Crippen molar-refractivity contribution in [3.8, 4) is 0 Å². The molecule has 3 aliphatic heterocycles. The van der Waals surface area contributed by atoms with Gasteiger partial charge in [-0.25, -0.2) is 24.0 Å². The number of ether oxygens (including phenoxy) is 5. The molecular formula is C109H141N15O10. The van der Waals surface area contributed by atoms with Crippen LogP contribution in [0.1, 0.15) is 199 Å². The fraction of sp³-hybridized carbons (Fsp3) is 0.431. The Bertz CT molecular complexity index is 6010. The maximum Gasteiger partial charge on any atom is 0.341 e. The zero-order chi connectivity index (χ0) is 96.2. The number of fused-ring (bicyclic) bond motifs is 5. The van der Waals surface area contributed by atoms with E-state index >= 15 is 0 Å². The van der Waals surface area contributed by atoms with E-state index in [0.29, 0.717) is 72.8 Å². The number of nitrogens with zero attached hydrogens (tertiary/aromatic N) is 10. The average Bonchev–Trinajstić information content (AvgIpc) is 0.756. The topological polar surface area (TPSA) is 286 Å². The van der Waals surface area contributed by atoms with Crippen LogP contribution in [0.3, 0.4) is 0 Å². The van der Waals surface area contributed by atoms with Crippen LogP contribution in [0.4, 0.5) is 34.1 Å². The zero-order valence-corrected chi connectivity index (χ0v) is 82.5. The lowest BCUT2D eigenvalue weighted by atomic mass is 9.94. The lowest BCUT2D eigenvalue weighted by Gasteiger charge is -2.37. The predicted octanol–water partition coefficient (Wildman–Crippen LogP) is 19.9. The van der Waals surface area contributed by atoms with Crippen molar-refractivity contribution in [3.63, 3.8) is 0 Å². The normalized spacial score (nSPS) is 13.6. The van der Waals surface area contributed by atoms with Gasteiger partial charge in [0.1, 0.15) is 27.8 Å². The molecule has 25 nitrogen and oxygen atoms in total. The molecular weight excluding hydrogens is 1680 g/mol. The molecule has 0 atom stereocenters. The van der Waals surface area contributed by atoms with Gasteiger partial charge < -0.3 is 75.2 Å². The van der Waals surface area contributed by atoms with Crippen molar-refractivity contribution in [1.82, 2.24) is 40.0 Å². The van der Waals surface area contributed by atoms with Crippen molar-refractivity contribution < 1.29 is 47.7 Å². The lowest BCUT2D eigenvalue weighted by Crippen LogP contribution is -2.42. The number of para-hydroxylation sites is 1. The smallest absolute Gasteiger partial charge is 0.341 e. The van der Waals surface area contributed by atoms with Gasteiger partial charge in [-0.05, 0) is 272 Å². The predicted molar refractivity (Wildman–Crippen MR) is 547 cm³/mol. The molecule has 7 aromatic carbocycles. The minimum absolute atomic E-state index is 0.240. The number of hydrogen-bond acceptors (Lipinski definition) is 25. The Hall–Kier alpha value is -12.4. The summed E-state index contributed by atoms with van der Waals surface area (Å²) in [4.78, 5) is 96.9. The molecule has 0 spiro atoms. The molecule has 0 amide bonds. The van der Waals surface area contributed by atoms with Gasteiger partial charge >= 0.3 is 29.8 Å². The van der Waals surface area contributed by atoms with Gasteiger partial charge in [0.15, 0.2) is 0 Å². The van der Waals surface area contributed by atoms with Crippen molar-refractivity contribution in [2.24, 2.45) is 11.7 Å². The summed E-state index contributed by atoms with van der Waals surface area (Å²) in [6.07, 6.45) is 16.4. The molecule has 134 heavy (non-hydrogen) atoms. The van der Waals surface area contributed by atoms with E-state index in [9.17, 15) is 24.0 Å². The first-order valence-electron chi connectivity index (χ1n) is 47.7. The number of anilines is 6. The van der Waals surface area contributed by atoms with Crippen LogP contribution in [0.5, 0.6) is 0 Å². The second-order valence-electron chi connectivity index (χ2n) is 35.9. The number of aromatic nitrogens is 5. The Morgan fingerprint density at radius 3 is 1.01 bits per heavy atom. The molecule has 25 heteroatoms. The van der Waals surface area contributed by atoms with Crippen molar-refractivity contribution in [2.45, 2.75) is 174 Å². The largest absolute Gasteiger partial charge is 0.462 e. The van der Waals surface area contributed by atoms with E-state index in [0.717, 1.165) is 263 Å². The Balaban J connectivity index is 0.000000161. The van der Waals surface area contributed by atoms with Crippen molar-refractivity contribution in [2.75, 3.05) is 164 Å². The van der Waals surface area contributed by atoms with Gasteiger partial charge in [0.05, 0.1) is 89.1 Å². The molecule has 3 aliphatic rings. The summed E-state index contributed by atoms with van der Waals surface area (Å²) in [6, 6.07) is 42.5. The number of nitrogens with one attached hydrogen (secondary N) is 4. The molecule has 15 rings (SSSR count). The molecule has 3 fully saturated rings. The third-order valence-corrected chi connectivity index (χ3v) is 24.6. The first kappa shape index (κ1) is 102. The van der Waals surface area contributed by atoms with Gasteiger partial charge in [-0.15, -0.1) is 0 Å². The fourth-order valence-electron chi connectivity index (χ4n) is 18.4. The number of pyridine rings is 5. The van der Waals surface area contributed by atoms with Crippen molar-refractivity contribution >= 4 is 118 Å². The summed E-state index contributed by atoms with van der Waals surface area (Å²) >= 11 is 0. The molecule has 0 aliphatic carbocycles. The summed E-state index contributed by atoms with van der Waals surface area (Å²) < 4.78 is 26.4. The number of esters is 5. The number of nitrogens with two attached hydrogens (primary N) is 1. The van der Waals surface area contributed by atoms with E-state index in [4.69, 9.17) is 29.4 Å². The van der Waals surface area contributed by atoms with Crippen LogP contribution in [0.25, 0.3) is 54.5 Å². The van der Waals surface area contributed by atoms with E-state index in [1.807, 2.05) is 97.0 Å². The molecule has 0 radical (unpaired) electrons. The van der Waals surface area contributed by atoms with E-state index in [2.05, 4.69) is 227 Å². The second kappa shape index (κ2) is 49.5. The van der Waals surface area contributed by atoms with E-state index in [1.165, 1.54) is 16.7 Å². The van der Waals surface area contributed by atoms with E-state index < -0.39 is 0 Å². The Kier molecular flexibility index (Phi) is 37.7. The second-order valence-corrected chi connectivity index (χ2v) is 35.9. The molecule has 8 heterocycles. The van der Waals surface area contributed by atoms with Crippen LogP contribution in [0.2, 0.25) is 0 Å². The first-order chi connectivity index (χ1) is 64.5. The molecule has 0 bridgehead atoms. The number of piperidine rings is 3. The molecule has 12 aromatic rings. The summed E-state index contributed by atoms with van der Waals surface area (Å²) in [5.41, 5.74) is 31.8. The highest BCUT2D eigenvalue weighted by atomic mass is 16.5. The number of aryl methyl sites for hydroxylation is 10. The fourth-order valence-corrected chi connectivity index (χ4v) is 18.4. The molecule has 6 N–H and O–H groups in total. The van der Waals surface area contributed by atoms with Gasteiger partial charge in [0, 0.05) is 148 Å². The highest BCUT2D eigenvalue weighted by Crippen LogP contribution is 2.40. The van der Waals surface area contributed by atoms with Crippen LogP contribution in [-0.4, -0.2) is 210 Å². The maximum atomic E-state index is 12.6. The lowest BCUT2D eigenvalue weighted by molar-refractivity contribution is 0.0517. The Labute approximate surface area is 792 Å². The van der Waals surface area contributed by atoms with Gasteiger partial charge in [0.2, 0.25) is 0 Å². The van der Waals surface area contributed by atoms with Crippen LogP contribution in [0, 0.1) is 75.2 Å². The van der Waals surface area contributed by atoms with Gasteiger partial charge in [-0.2, -0.15) is 0 Å². The Morgan fingerprint density at radius 1 is 0.373 bits per heavy atom. The zero-order valence-electron chi connectivity index (χ0n) is 82.5. The van der Waals surface area contributed by atoms with E-state index in [-0.39, 0.29) is 35.9 Å². The van der Waals surface area contributed by atoms with Crippen molar-refractivity contribution in [3.05, 3.63) is 241 Å². The average molecular weight is 1820 g/mol. The van der Waals surface area contributed by atoms with Crippen LogP contribution >= 0.6 is 0 Å². The number of benzene rings is 7. The number of carbonyl (C=O) groups is 5. The third-order valence-electron chi connectivity index (χ3n) is 24.6. The quantitative estimate of drug-likeness (QED) is 0.0165. The summed E-state index contributed by atoms with van der Waals surface area (Å²) in [7, 11) is 8.54. The molecule has 712 valence electrons. The summed E-state index contributed by atoms with van der Waals surface area (Å²) in [5.74, 6) is -0.858. The van der Waals surface area contributed by atoms with Crippen molar-refractivity contribution in [1.29, 1.82) is 0 Å². The van der Waals surface area contributed by atoms with E-state index in [1.54, 1.807) is 31.0 Å². The summed E-state index contributed by atoms with van der Waals surface area (Å²) in [6.45, 7) is 42.2. The Morgan fingerprint density at radius 2 is 0.672 bits per heavy atom. The molecule has 3 saturated heterocycles. The first-order valence-corrected chi connectivity index (χ1v) is 47.7. The number of carbonyl (C=O) groups excluding carboxylic acids is 5. The van der Waals surface area contributed by atoms with Gasteiger partial charge in [0.25, 0.3) is 0 Å². The molecule has 0 saturated carbocycles. The SMILES string of the molecule is CCOC(=O)c1cnc2c(C)cc(C)cc2c1N1CCC(CN(C)C)CC1.CCOC(=O)c1cnc2c(C)cc(C)cc2c1N1CCC(N(C)C)CC1.CCOC(=O)c1cnc2c(C)cc(C)cc2c1N1CCC(N)CC1.CCOC(=O)c1cnc2c(C)cc(C)cc2c1NCCCNCc1ccccc1.CCOC(=O)c1cnc2c(C)cc(C)cc2c1NCCCNc1ccccc1. The molecule has 0 unspecified atom stereocenters. The van der Waals surface area contributed by atoms with Gasteiger partial charge in [-0.3, -0.25) is 24.9 Å². The number of rotatable bonds is 29. The number of hydrogen-bond donors (Lipinski definition) is 5. The van der Waals surface area contributed by atoms with Gasteiger partial charge in [-0.1, -0.05) is 107 Å². The minimum Gasteiger partial charge on any atom is -0.462 e. The van der Waals surface area contributed by atoms with Crippen LogP contribution < -0.4 is 41.7 Å². The minimum atomic E-state index is -0.346. The van der Waals surface area contributed by atoms with Crippen LogP contribution in [-0.2, 0) is 30.2 Å².